The molecule has 0 radical (unpaired) electrons. The number of carbonyl (C=O) groups is 1. The topological polar surface area (TPSA) is 96.7 Å². The number of aryl methyl sites for hydroxylation is 2. The van der Waals surface area contributed by atoms with E-state index in [-0.39, 0.29) is 11.4 Å². The maximum atomic E-state index is 12.7. The number of carbonyl (C=O) groups excluding carboxylic acids is 1. The van der Waals surface area contributed by atoms with Crippen molar-refractivity contribution >= 4 is 27.5 Å². The van der Waals surface area contributed by atoms with E-state index in [1.165, 1.54) is 13.1 Å². The lowest BCUT2D eigenvalue weighted by Crippen LogP contribution is -2.35. The first kappa shape index (κ1) is 19.8. The largest absolute Gasteiger partial charge is 0.345 e. The van der Waals surface area contributed by atoms with Crippen LogP contribution in [0.15, 0.2) is 52.8 Å². The third-order valence-corrected chi connectivity index (χ3v) is 5.70. The van der Waals surface area contributed by atoms with Crippen LogP contribution in [-0.4, -0.2) is 41.2 Å². The lowest BCUT2D eigenvalue weighted by molar-refractivity contribution is -0.113. The molecule has 1 aliphatic rings. The molecule has 1 aromatic heterocycles. The molecule has 1 aliphatic heterocycles. The number of likely N-dealkylation sites (N-methyl/N-ethyl adjacent to an activating group) is 1. The molecule has 1 N–H and O–H groups in total. The zero-order valence-corrected chi connectivity index (χ0v) is 16.9. The summed E-state index contributed by atoms with van der Waals surface area (Å²) in [6.07, 6.45) is 6.76. The molecule has 0 atom stereocenters. The number of amides is 1. The fraction of sp³-hybridized carbons (Fsp3) is 0.316. The van der Waals surface area contributed by atoms with Gasteiger partial charge in [0, 0.05) is 25.4 Å². The molecule has 0 saturated carbocycles. The van der Waals surface area contributed by atoms with Crippen molar-refractivity contribution in [3.63, 3.8) is 0 Å². The van der Waals surface area contributed by atoms with Crippen LogP contribution in [0.1, 0.15) is 30.9 Å². The highest BCUT2D eigenvalue weighted by Crippen LogP contribution is 2.21. The van der Waals surface area contributed by atoms with Gasteiger partial charge in [-0.1, -0.05) is 43.2 Å². The number of unbranched alkanes of at least 4 members (excludes halogenated alkanes) is 1. The molecule has 0 aliphatic carbocycles. The molecule has 2 heterocycles. The molecule has 2 aromatic rings. The Morgan fingerprint density at radius 1 is 1.21 bits per heavy atom. The summed E-state index contributed by atoms with van der Waals surface area (Å²) in [6, 6.07) is 7.28. The highest BCUT2D eigenvalue weighted by atomic mass is 32.2. The summed E-state index contributed by atoms with van der Waals surface area (Å²) < 4.78 is 31.3. The second-order valence-electron chi connectivity index (χ2n) is 6.62. The number of nitrogens with one attached hydrogen (secondary N) is 1. The zero-order valence-electron chi connectivity index (χ0n) is 16.1. The van der Waals surface area contributed by atoms with Crippen molar-refractivity contribution in [1.82, 2.24) is 14.1 Å². The van der Waals surface area contributed by atoms with Crippen molar-refractivity contribution in [1.29, 1.82) is 0 Å². The van der Waals surface area contributed by atoms with E-state index in [1.54, 1.807) is 29.2 Å². The van der Waals surface area contributed by atoms with Crippen molar-refractivity contribution in [3.8, 4) is 0 Å². The number of rotatable bonds is 6. The summed E-state index contributed by atoms with van der Waals surface area (Å²) in [4.78, 5) is 12.7. The van der Waals surface area contributed by atoms with Gasteiger partial charge in [0.15, 0.2) is 0 Å². The Balaban J connectivity index is 1.86. The number of aromatic nitrogens is 2. The predicted octanol–water partition coefficient (Wildman–Crippen LogP) is 2.49. The number of hydrogen-bond donors (Lipinski definition) is 1. The molecule has 0 saturated heterocycles. The minimum absolute atomic E-state index is 0.00752. The number of benzene rings is 1. The lowest BCUT2D eigenvalue weighted by Gasteiger charge is -2.23. The van der Waals surface area contributed by atoms with Gasteiger partial charge < -0.3 is 5.32 Å². The summed E-state index contributed by atoms with van der Waals surface area (Å²) >= 11 is 0. The van der Waals surface area contributed by atoms with Gasteiger partial charge in [0.2, 0.25) is 0 Å². The van der Waals surface area contributed by atoms with Crippen molar-refractivity contribution < 1.29 is 13.2 Å². The first-order valence-corrected chi connectivity index (χ1v) is 10.4. The number of anilines is 1. The van der Waals surface area contributed by atoms with Gasteiger partial charge in [-0.15, -0.1) is 4.40 Å². The zero-order chi connectivity index (χ0) is 20.3. The molecular formula is C19H23N5O3S. The molecule has 1 aromatic carbocycles. The standard InChI is InChI=1S/C19H23N5O3S/c1-4-5-10-24-13-16(12-20-24)21-19(25)18-11-17(22-28(26,27)23(18)3)15-8-6-14(2)7-9-15/h6-9,11-13H,4-5,10H2,1-3H3,(H,21,25). The van der Waals surface area contributed by atoms with Crippen molar-refractivity contribution in [2.45, 2.75) is 33.2 Å². The fourth-order valence-corrected chi connectivity index (χ4v) is 3.60. The van der Waals surface area contributed by atoms with Crippen molar-refractivity contribution in [2.24, 2.45) is 4.40 Å². The van der Waals surface area contributed by atoms with Gasteiger partial charge in [-0.3, -0.25) is 9.48 Å². The Morgan fingerprint density at radius 3 is 2.61 bits per heavy atom. The normalized spacial score (nSPS) is 15.8. The second-order valence-corrected chi connectivity index (χ2v) is 8.24. The average molecular weight is 401 g/mol. The van der Waals surface area contributed by atoms with Gasteiger partial charge in [0.25, 0.3) is 5.91 Å². The summed E-state index contributed by atoms with van der Waals surface area (Å²) in [5, 5.41) is 6.90. The first-order valence-electron chi connectivity index (χ1n) is 9.01. The third kappa shape index (κ3) is 4.30. The predicted molar refractivity (Wildman–Crippen MR) is 108 cm³/mol. The van der Waals surface area contributed by atoms with Crippen LogP contribution < -0.4 is 5.32 Å². The van der Waals surface area contributed by atoms with Crippen molar-refractivity contribution in [2.75, 3.05) is 12.4 Å². The molecule has 3 rings (SSSR count). The van der Waals surface area contributed by atoms with Crippen LogP contribution in [-0.2, 0) is 21.5 Å². The molecule has 0 unspecified atom stereocenters. The van der Waals surface area contributed by atoms with Crippen LogP contribution >= 0.6 is 0 Å². The molecule has 1 amide bonds. The Morgan fingerprint density at radius 2 is 1.93 bits per heavy atom. The van der Waals surface area contributed by atoms with E-state index in [2.05, 4.69) is 21.7 Å². The number of nitrogens with zero attached hydrogens (tertiary/aromatic N) is 4. The Hall–Kier alpha value is -2.94. The van der Waals surface area contributed by atoms with Gasteiger partial charge in [-0.25, -0.2) is 4.31 Å². The van der Waals surface area contributed by atoms with Crippen molar-refractivity contribution in [3.05, 3.63) is 59.6 Å². The minimum Gasteiger partial charge on any atom is -0.318 e. The van der Waals surface area contributed by atoms with Crippen LogP contribution in [0.5, 0.6) is 0 Å². The number of hydrogen-bond acceptors (Lipinski definition) is 4. The highest BCUT2D eigenvalue weighted by molar-refractivity contribution is 7.88. The Bertz CT molecular complexity index is 1040. The summed E-state index contributed by atoms with van der Waals surface area (Å²) in [6.45, 7) is 4.78. The van der Waals surface area contributed by atoms with E-state index in [0.29, 0.717) is 11.3 Å². The number of allylic oxidation sites excluding steroid dienone is 1. The second kappa shape index (κ2) is 7.97. The average Bonchev–Trinajstić information content (AvgIpc) is 3.09. The van der Waals surface area contributed by atoms with E-state index >= 15 is 0 Å². The smallest absolute Gasteiger partial charge is 0.318 e. The summed E-state index contributed by atoms with van der Waals surface area (Å²) in [5.41, 5.74) is 2.39. The molecule has 0 bridgehead atoms. The van der Waals surface area contributed by atoms with E-state index < -0.39 is 16.1 Å². The fourth-order valence-electron chi connectivity index (χ4n) is 2.69. The molecule has 148 valence electrons. The van der Waals surface area contributed by atoms with Gasteiger partial charge in [-0.05, 0) is 19.4 Å². The van der Waals surface area contributed by atoms with Crippen LogP contribution in [0.25, 0.3) is 0 Å². The maximum Gasteiger partial charge on any atom is 0.345 e. The van der Waals surface area contributed by atoms with Crippen LogP contribution in [0.3, 0.4) is 0 Å². The van der Waals surface area contributed by atoms with Gasteiger partial charge >= 0.3 is 10.2 Å². The first-order chi connectivity index (χ1) is 13.3. The van der Waals surface area contributed by atoms with E-state index in [9.17, 15) is 13.2 Å². The monoisotopic (exact) mass is 401 g/mol. The minimum atomic E-state index is -3.99. The van der Waals surface area contributed by atoms with E-state index in [1.807, 2.05) is 19.1 Å². The molecule has 8 nitrogen and oxygen atoms in total. The lowest BCUT2D eigenvalue weighted by atomic mass is 10.1. The molecule has 0 spiro atoms. The highest BCUT2D eigenvalue weighted by Gasteiger charge is 2.30. The van der Waals surface area contributed by atoms with Crippen LogP contribution in [0.4, 0.5) is 5.69 Å². The summed E-state index contributed by atoms with van der Waals surface area (Å²) in [7, 11) is -2.68. The van der Waals surface area contributed by atoms with Gasteiger partial charge in [0.1, 0.15) is 5.70 Å². The molecule has 28 heavy (non-hydrogen) atoms. The quantitative estimate of drug-likeness (QED) is 0.804. The Kier molecular flexibility index (Phi) is 5.64. The van der Waals surface area contributed by atoms with Crippen LogP contribution in [0.2, 0.25) is 0 Å². The third-order valence-electron chi connectivity index (χ3n) is 4.38. The Labute approximate surface area is 164 Å². The van der Waals surface area contributed by atoms with Gasteiger partial charge in [0.05, 0.1) is 17.6 Å². The molecular weight excluding hydrogens is 378 g/mol. The molecule has 9 heteroatoms. The molecule has 0 fully saturated rings. The van der Waals surface area contributed by atoms with Crippen LogP contribution in [0, 0.1) is 6.92 Å². The summed E-state index contributed by atoms with van der Waals surface area (Å²) in [5.74, 6) is -0.541. The van der Waals surface area contributed by atoms with E-state index in [4.69, 9.17) is 0 Å². The maximum absolute atomic E-state index is 12.7. The van der Waals surface area contributed by atoms with E-state index in [0.717, 1.165) is 29.3 Å². The van der Waals surface area contributed by atoms with Gasteiger partial charge in [-0.2, -0.15) is 13.5 Å². The SMILES string of the molecule is CCCCn1cc(NC(=O)C2=CC(c3ccc(C)cc3)=NS(=O)(=O)N2C)cn1.